The van der Waals surface area contributed by atoms with Crippen LogP contribution in [0.1, 0.15) is 0 Å². The molecule has 0 spiro atoms. The molecule has 0 aliphatic rings. The second-order valence-corrected chi connectivity index (χ2v) is 4.62. The summed E-state index contributed by atoms with van der Waals surface area (Å²) in [4.78, 5) is 18.5. The summed E-state index contributed by atoms with van der Waals surface area (Å²) >= 11 is 5.76. The average molecular weight is 348 g/mol. The van der Waals surface area contributed by atoms with Crippen molar-refractivity contribution >= 4 is 23.4 Å². The first-order chi connectivity index (χ1) is 10.7. The van der Waals surface area contributed by atoms with Crippen LogP contribution in [0.2, 0.25) is 5.15 Å². The number of nitrogens with zero attached hydrogens (tertiary/aromatic N) is 2. The fourth-order valence-corrected chi connectivity index (χ4v) is 1.82. The summed E-state index contributed by atoms with van der Waals surface area (Å²) in [5.74, 6) is -0.443. The highest BCUT2D eigenvalue weighted by molar-refractivity contribution is 6.29. The van der Waals surface area contributed by atoms with Gasteiger partial charge in [-0.05, 0) is 12.1 Å². The lowest BCUT2D eigenvalue weighted by Gasteiger charge is -2.11. The molecule has 0 saturated heterocycles. The number of para-hydroxylation sites is 1. The molecule has 0 atom stereocenters. The van der Waals surface area contributed by atoms with Crippen LogP contribution < -0.4 is 10.1 Å². The topological polar surface area (TPSA) is 84.3 Å². The number of nitrogens with one attached hydrogen (secondary N) is 1. The Hall–Kier alpha value is -2.55. The number of hydrogen-bond acceptors (Lipinski definition) is 4. The zero-order chi connectivity index (χ0) is 17.0. The van der Waals surface area contributed by atoms with Gasteiger partial charge in [0.2, 0.25) is 5.88 Å². The van der Waals surface area contributed by atoms with Crippen LogP contribution in [0, 0.1) is 0 Å². The highest BCUT2D eigenvalue weighted by Gasteiger charge is 2.29. The van der Waals surface area contributed by atoms with E-state index in [0.717, 1.165) is 6.07 Å². The molecule has 0 saturated carbocycles. The van der Waals surface area contributed by atoms with Gasteiger partial charge in [-0.3, -0.25) is 5.32 Å². The van der Waals surface area contributed by atoms with Gasteiger partial charge in [0.1, 0.15) is 5.15 Å². The van der Waals surface area contributed by atoms with Crippen molar-refractivity contribution in [2.24, 2.45) is 0 Å². The third kappa shape index (κ3) is 4.99. The summed E-state index contributed by atoms with van der Waals surface area (Å²) in [6, 6.07) is 7.13. The Morgan fingerprint density at radius 2 is 2.00 bits per heavy atom. The first-order valence-electron chi connectivity index (χ1n) is 6.08. The van der Waals surface area contributed by atoms with Gasteiger partial charge in [0.25, 0.3) is 0 Å². The van der Waals surface area contributed by atoms with Crippen LogP contribution in [0.25, 0.3) is 11.4 Å². The molecule has 6 nitrogen and oxygen atoms in total. The predicted octanol–water partition coefficient (Wildman–Crippen LogP) is 3.83. The van der Waals surface area contributed by atoms with Gasteiger partial charge in [-0.2, -0.15) is 18.2 Å². The maximum absolute atomic E-state index is 12.2. The van der Waals surface area contributed by atoms with Crippen molar-refractivity contribution in [2.45, 2.75) is 6.18 Å². The summed E-state index contributed by atoms with van der Waals surface area (Å²) < 4.78 is 41.1. The summed E-state index contributed by atoms with van der Waals surface area (Å²) in [6.07, 6.45) is -5.84. The molecule has 0 bridgehead atoms. The second kappa shape index (κ2) is 6.69. The Balaban J connectivity index is 2.37. The molecule has 0 radical (unpaired) electrons. The van der Waals surface area contributed by atoms with Crippen molar-refractivity contribution in [1.29, 1.82) is 0 Å². The second-order valence-electron chi connectivity index (χ2n) is 4.23. The molecule has 2 rings (SSSR count). The van der Waals surface area contributed by atoms with Gasteiger partial charge in [0.05, 0.1) is 5.69 Å². The average Bonchev–Trinajstić information content (AvgIpc) is 2.44. The van der Waals surface area contributed by atoms with Gasteiger partial charge < -0.3 is 9.84 Å². The Labute approximate surface area is 132 Å². The van der Waals surface area contributed by atoms with Crippen LogP contribution in [-0.4, -0.2) is 34.0 Å². The van der Waals surface area contributed by atoms with Gasteiger partial charge in [0.15, 0.2) is 12.4 Å². The molecule has 2 aromatic rings. The standard InChI is InChI=1S/C13H9ClF3N3O3/c14-9-5-10(23-6-13(15,16)17)20-11(19-9)7-3-1-2-4-8(7)18-12(21)22/h1-5,18H,6H2,(H,21,22). The van der Waals surface area contributed by atoms with E-state index in [9.17, 15) is 18.0 Å². The number of halogens is 4. The van der Waals surface area contributed by atoms with Gasteiger partial charge in [-0.25, -0.2) is 9.78 Å². The van der Waals surface area contributed by atoms with Gasteiger partial charge >= 0.3 is 12.3 Å². The molecular formula is C13H9ClF3N3O3. The molecule has 1 aromatic carbocycles. The van der Waals surface area contributed by atoms with E-state index in [-0.39, 0.29) is 28.1 Å². The maximum atomic E-state index is 12.2. The largest absolute Gasteiger partial charge is 0.468 e. The van der Waals surface area contributed by atoms with Crippen LogP contribution in [0.4, 0.5) is 23.7 Å². The molecule has 1 amide bonds. The number of carboxylic acid groups (broad SMARTS) is 1. The minimum Gasteiger partial charge on any atom is -0.468 e. The Kier molecular flexibility index (Phi) is 4.89. The lowest BCUT2D eigenvalue weighted by atomic mass is 10.1. The molecular weight excluding hydrogens is 339 g/mol. The first kappa shape index (κ1) is 16.8. The number of amides is 1. The van der Waals surface area contributed by atoms with Crippen molar-refractivity contribution in [2.75, 3.05) is 11.9 Å². The van der Waals surface area contributed by atoms with Crippen LogP contribution in [-0.2, 0) is 0 Å². The highest BCUT2D eigenvalue weighted by atomic mass is 35.5. The van der Waals surface area contributed by atoms with Crippen LogP contribution in [0.3, 0.4) is 0 Å². The third-order valence-corrected chi connectivity index (χ3v) is 2.66. The SMILES string of the molecule is O=C(O)Nc1ccccc1-c1nc(Cl)cc(OCC(F)(F)F)n1. The van der Waals surface area contributed by atoms with E-state index in [0.29, 0.717) is 0 Å². The van der Waals surface area contributed by atoms with Crippen molar-refractivity contribution in [3.8, 4) is 17.3 Å². The fraction of sp³-hybridized carbons (Fsp3) is 0.154. The zero-order valence-electron chi connectivity index (χ0n) is 11.3. The van der Waals surface area contributed by atoms with Crippen molar-refractivity contribution < 1.29 is 27.8 Å². The van der Waals surface area contributed by atoms with E-state index in [1.54, 1.807) is 12.1 Å². The number of carbonyl (C=O) groups is 1. The molecule has 10 heteroatoms. The minimum atomic E-state index is -4.53. The number of benzene rings is 1. The van der Waals surface area contributed by atoms with Crippen molar-refractivity contribution in [1.82, 2.24) is 9.97 Å². The van der Waals surface area contributed by atoms with E-state index < -0.39 is 18.9 Å². The molecule has 2 N–H and O–H groups in total. The molecule has 0 aliphatic heterocycles. The molecule has 0 aliphatic carbocycles. The normalized spacial score (nSPS) is 11.1. The monoisotopic (exact) mass is 347 g/mol. The lowest BCUT2D eigenvalue weighted by molar-refractivity contribution is -0.154. The van der Waals surface area contributed by atoms with Gasteiger partial charge in [0, 0.05) is 11.6 Å². The molecule has 23 heavy (non-hydrogen) atoms. The fourth-order valence-electron chi connectivity index (χ4n) is 1.65. The zero-order valence-corrected chi connectivity index (χ0v) is 12.0. The number of aromatic nitrogens is 2. The smallest absolute Gasteiger partial charge is 0.422 e. The third-order valence-electron chi connectivity index (χ3n) is 2.46. The Bertz CT molecular complexity index is 725. The Morgan fingerprint density at radius 1 is 1.30 bits per heavy atom. The van der Waals surface area contributed by atoms with E-state index in [1.165, 1.54) is 12.1 Å². The van der Waals surface area contributed by atoms with E-state index in [2.05, 4.69) is 20.0 Å². The number of hydrogen-bond donors (Lipinski definition) is 2. The van der Waals surface area contributed by atoms with Crippen LogP contribution in [0.5, 0.6) is 5.88 Å². The summed E-state index contributed by atoms with van der Waals surface area (Å²) in [5.41, 5.74) is 0.401. The maximum Gasteiger partial charge on any atom is 0.422 e. The van der Waals surface area contributed by atoms with Gasteiger partial charge in [-0.1, -0.05) is 23.7 Å². The summed E-state index contributed by atoms with van der Waals surface area (Å²) in [7, 11) is 0. The molecule has 1 heterocycles. The minimum absolute atomic E-state index is 0.0703. The van der Waals surface area contributed by atoms with E-state index in [4.69, 9.17) is 16.7 Å². The number of rotatable bonds is 4. The molecule has 122 valence electrons. The highest BCUT2D eigenvalue weighted by Crippen LogP contribution is 2.28. The first-order valence-corrected chi connectivity index (χ1v) is 6.46. The van der Waals surface area contributed by atoms with E-state index in [1.807, 2.05) is 0 Å². The lowest BCUT2D eigenvalue weighted by Crippen LogP contribution is -2.19. The quantitative estimate of drug-likeness (QED) is 0.821. The van der Waals surface area contributed by atoms with Crippen LogP contribution >= 0.6 is 11.6 Å². The summed E-state index contributed by atoms with van der Waals surface area (Å²) in [5, 5.41) is 10.8. The van der Waals surface area contributed by atoms with Crippen molar-refractivity contribution in [3.63, 3.8) is 0 Å². The Morgan fingerprint density at radius 3 is 2.65 bits per heavy atom. The number of alkyl halides is 3. The van der Waals surface area contributed by atoms with Crippen molar-refractivity contribution in [3.05, 3.63) is 35.5 Å². The summed E-state index contributed by atoms with van der Waals surface area (Å²) in [6.45, 7) is -1.53. The number of ether oxygens (including phenoxy) is 1. The predicted molar refractivity (Wildman–Crippen MR) is 75.7 cm³/mol. The molecule has 0 fully saturated rings. The van der Waals surface area contributed by atoms with Gasteiger partial charge in [-0.15, -0.1) is 0 Å². The van der Waals surface area contributed by atoms with E-state index >= 15 is 0 Å². The molecule has 0 unspecified atom stereocenters. The molecule has 1 aromatic heterocycles. The number of anilines is 1. The van der Waals surface area contributed by atoms with Crippen LogP contribution in [0.15, 0.2) is 30.3 Å².